The number of aromatic nitrogens is 2. The number of hydrogen-bond donors (Lipinski definition) is 1. The molecule has 0 spiro atoms. The Labute approximate surface area is 104 Å². The van der Waals surface area contributed by atoms with E-state index in [0.717, 1.165) is 6.54 Å². The normalized spacial score (nSPS) is 10.6. The van der Waals surface area contributed by atoms with Gasteiger partial charge < -0.3 is 14.6 Å². The lowest BCUT2D eigenvalue weighted by Gasteiger charge is -2.04. The minimum atomic E-state index is -0.451. The maximum Gasteiger partial charge on any atom is 0.264 e. The van der Waals surface area contributed by atoms with Crippen LogP contribution < -0.4 is 10.1 Å². The minimum absolute atomic E-state index is 0.123. The van der Waals surface area contributed by atoms with Crippen LogP contribution in [0.5, 0.6) is 5.75 Å². The Morgan fingerprint density at radius 2 is 2.28 bits per heavy atom. The van der Waals surface area contributed by atoms with Crippen LogP contribution in [0.3, 0.4) is 0 Å². The molecule has 1 heterocycles. The summed E-state index contributed by atoms with van der Waals surface area (Å²) < 4.78 is 23.9. The van der Waals surface area contributed by atoms with Gasteiger partial charge in [0.15, 0.2) is 5.82 Å². The lowest BCUT2D eigenvalue weighted by molar-refractivity contribution is 0.397. The fourth-order valence-corrected chi connectivity index (χ4v) is 1.55. The summed E-state index contributed by atoms with van der Waals surface area (Å²) in [5.41, 5.74) is 0.190. The van der Waals surface area contributed by atoms with Crippen molar-refractivity contribution in [1.82, 2.24) is 15.5 Å². The second kappa shape index (κ2) is 5.59. The second-order valence-corrected chi connectivity index (χ2v) is 3.61. The average Bonchev–Trinajstić information content (AvgIpc) is 2.84. The van der Waals surface area contributed by atoms with Gasteiger partial charge in [0.1, 0.15) is 17.1 Å². The van der Waals surface area contributed by atoms with E-state index in [2.05, 4.69) is 15.5 Å². The largest absolute Gasteiger partial charge is 0.496 e. The highest BCUT2D eigenvalue weighted by atomic mass is 19.1. The average molecular weight is 251 g/mol. The molecule has 2 aromatic rings. The fraction of sp³-hybridized carbons (Fsp3) is 0.333. The number of nitrogens with one attached hydrogen (secondary N) is 1. The molecule has 0 atom stereocenters. The van der Waals surface area contributed by atoms with Crippen LogP contribution in [0.15, 0.2) is 22.7 Å². The Bertz CT molecular complexity index is 528. The van der Waals surface area contributed by atoms with Crippen molar-refractivity contribution in [2.75, 3.05) is 13.7 Å². The number of methoxy groups -OCH3 is 1. The Kier molecular flexibility index (Phi) is 3.88. The molecule has 0 fully saturated rings. The first-order valence-electron chi connectivity index (χ1n) is 5.62. The van der Waals surface area contributed by atoms with Gasteiger partial charge in [-0.2, -0.15) is 4.98 Å². The third-order valence-corrected chi connectivity index (χ3v) is 2.41. The van der Waals surface area contributed by atoms with Crippen LogP contribution in [0.25, 0.3) is 11.5 Å². The predicted molar refractivity (Wildman–Crippen MR) is 63.6 cm³/mol. The highest BCUT2D eigenvalue weighted by molar-refractivity contribution is 5.63. The third-order valence-electron chi connectivity index (χ3n) is 2.41. The first kappa shape index (κ1) is 12.5. The molecule has 5 nitrogen and oxygen atoms in total. The number of nitrogens with zero attached hydrogens (tertiary/aromatic N) is 2. The monoisotopic (exact) mass is 251 g/mol. The van der Waals surface area contributed by atoms with Crippen LogP contribution >= 0.6 is 0 Å². The molecule has 0 bridgehead atoms. The number of halogens is 1. The van der Waals surface area contributed by atoms with Crippen LogP contribution in [-0.4, -0.2) is 23.8 Å². The highest BCUT2D eigenvalue weighted by Gasteiger charge is 2.18. The van der Waals surface area contributed by atoms with Crippen LogP contribution in [0.1, 0.15) is 12.7 Å². The van der Waals surface area contributed by atoms with Crippen LogP contribution in [-0.2, 0) is 6.54 Å². The molecule has 0 radical (unpaired) electrons. The Morgan fingerprint density at radius 1 is 1.44 bits per heavy atom. The van der Waals surface area contributed by atoms with E-state index in [0.29, 0.717) is 18.1 Å². The van der Waals surface area contributed by atoms with Gasteiger partial charge >= 0.3 is 0 Å². The summed E-state index contributed by atoms with van der Waals surface area (Å²) in [6.07, 6.45) is 0. The summed E-state index contributed by atoms with van der Waals surface area (Å²) in [5, 5.41) is 6.84. The van der Waals surface area contributed by atoms with Crippen molar-refractivity contribution >= 4 is 0 Å². The Hall–Kier alpha value is -1.95. The van der Waals surface area contributed by atoms with Gasteiger partial charge in [0.25, 0.3) is 5.89 Å². The van der Waals surface area contributed by atoms with Gasteiger partial charge in [0.05, 0.1) is 13.7 Å². The van der Waals surface area contributed by atoms with Gasteiger partial charge in [-0.15, -0.1) is 0 Å². The molecule has 1 aromatic carbocycles. The zero-order valence-electron chi connectivity index (χ0n) is 10.2. The molecule has 18 heavy (non-hydrogen) atoms. The van der Waals surface area contributed by atoms with E-state index in [1.165, 1.54) is 13.2 Å². The van der Waals surface area contributed by atoms with Crippen LogP contribution in [0.4, 0.5) is 4.39 Å². The first-order valence-corrected chi connectivity index (χ1v) is 5.62. The first-order chi connectivity index (χ1) is 8.76. The van der Waals surface area contributed by atoms with Gasteiger partial charge in [0.2, 0.25) is 0 Å². The highest BCUT2D eigenvalue weighted by Crippen LogP contribution is 2.30. The predicted octanol–water partition coefficient (Wildman–Crippen LogP) is 1.99. The zero-order valence-corrected chi connectivity index (χ0v) is 10.2. The van der Waals surface area contributed by atoms with E-state index in [4.69, 9.17) is 9.26 Å². The SMILES string of the molecule is CCNCc1noc(-c2c(F)cccc2OC)n1. The standard InChI is InChI=1S/C12H14FN3O2/c1-3-14-7-10-15-12(18-16-10)11-8(13)5-4-6-9(11)17-2/h4-6,14H,3,7H2,1-2H3. The maximum absolute atomic E-state index is 13.8. The van der Waals surface area contributed by atoms with E-state index in [1.54, 1.807) is 12.1 Å². The Balaban J connectivity index is 2.33. The molecule has 0 saturated heterocycles. The zero-order chi connectivity index (χ0) is 13.0. The third kappa shape index (κ3) is 2.48. The summed E-state index contributed by atoms with van der Waals surface area (Å²) >= 11 is 0. The van der Waals surface area contributed by atoms with Gasteiger partial charge in [-0.3, -0.25) is 0 Å². The summed E-state index contributed by atoms with van der Waals surface area (Å²) in [4.78, 5) is 4.13. The summed E-state index contributed by atoms with van der Waals surface area (Å²) in [7, 11) is 1.47. The molecule has 0 aliphatic heterocycles. The van der Waals surface area contributed by atoms with Crippen molar-refractivity contribution in [2.45, 2.75) is 13.5 Å². The second-order valence-electron chi connectivity index (χ2n) is 3.61. The Morgan fingerprint density at radius 3 is 3.00 bits per heavy atom. The van der Waals surface area contributed by atoms with Crippen molar-refractivity contribution in [3.05, 3.63) is 29.8 Å². The van der Waals surface area contributed by atoms with Crippen molar-refractivity contribution in [3.8, 4) is 17.2 Å². The quantitative estimate of drug-likeness (QED) is 0.880. The van der Waals surface area contributed by atoms with E-state index in [9.17, 15) is 4.39 Å². The fourth-order valence-electron chi connectivity index (χ4n) is 1.55. The molecule has 1 N–H and O–H groups in total. The molecule has 0 saturated carbocycles. The van der Waals surface area contributed by atoms with Crippen LogP contribution in [0, 0.1) is 5.82 Å². The topological polar surface area (TPSA) is 60.2 Å². The molecule has 0 aliphatic carbocycles. The molecule has 0 aliphatic rings. The minimum Gasteiger partial charge on any atom is -0.496 e. The molecule has 2 rings (SSSR count). The lowest BCUT2D eigenvalue weighted by atomic mass is 10.2. The van der Waals surface area contributed by atoms with E-state index >= 15 is 0 Å². The van der Waals surface area contributed by atoms with Crippen molar-refractivity contribution < 1.29 is 13.7 Å². The summed E-state index contributed by atoms with van der Waals surface area (Å²) in [6, 6.07) is 4.53. The maximum atomic E-state index is 13.8. The lowest BCUT2D eigenvalue weighted by Crippen LogP contribution is -2.12. The van der Waals surface area contributed by atoms with Gasteiger partial charge in [-0.25, -0.2) is 4.39 Å². The van der Waals surface area contributed by atoms with E-state index in [1.807, 2.05) is 6.92 Å². The molecule has 96 valence electrons. The molecule has 6 heteroatoms. The summed E-state index contributed by atoms with van der Waals surface area (Å²) in [5.74, 6) is 0.525. The molecular weight excluding hydrogens is 237 g/mol. The molecule has 0 amide bonds. The molecule has 1 aromatic heterocycles. The number of hydrogen-bond acceptors (Lipinski definition) is 5. The van der Waals surface area contributed by atoms with Crippen molar-refractivity contribution in [2.24, 2.45) is 0 Å². The number of ether oxygens (including phenoxy) is 1. The van der Waals surface area contributed by atoms with E-state index in [-0.39, 0.29) is 11.5 Å². The van der Waals surface area contributed by atoms with Crippen molar-refractivity contribution in [3.63, 3.8) is 0 Å². The number of benzene rings is 1. The van der Waals surface area contributed by atoms with Crippen molar-refractivity contribution in [1.29, 1.82) is 0 Å². The summed E-state index contributed by atoms with van der Waals surface area (Å²) in [6.45, 7) is 3.25. The smallest absolute Gasteiger partial charge is 0.264 e. The molecule has 0 unspecified atom stereocenters. The van der Waals surface area contributed by atoms with Gasteiger partial charge in [-0.05, 0) is 18.7 Å². The van der Waals surface area contributed by atoms with E-state index < -0.39 is 5.82 Å². The van der Waals surface area contributed by atoms with Gasteiger partial charge in [-0.1, -0.05) is 18.1 Å². The van der Waals surface area contributed by atoms with Gasteiger partial charge in [0, 0.05) is 0 Å². The molecular formula is C12H14FN3O2. The number of rotatable bonds is 5. The van der Waals surface area contributed by atoms with Crippen LogP contribution in [0.2, 0.25) is 0 Å².